The van der Waals surface area contributed by atoms with Crippen LogP contribution in [0.25, 0.3) is 0 Å². The second-order valence-corrected chi connectivity index (χ2v) is 8.06. The minimum absolute atomic E-state index is 0.182. The van der Waals surface area contributed by atoms with E-state index in [0.29, 0.717) is 25.9 Å². The number of likely N-dealkylation sites (tertiary alicyclic amines) is 1. The summed E-state index contributed by atoms with van der Waals surface area (Å²) in [5.41, 5.74) is 2.73. The fourth-order valence-corrected chi connectivity index (χ4v) is 3.77. The van der Waals surface area contributed by atoms with Crippen molar-refractivity contribution in [2.24, 2.45) is 5.41 Å². The molecule has 0 saturated carbocycles. The molecule has 23 heavy (non-hydrogen) atoms. The van der Waals surface area contributed by atoms with Crippen molar-refractivity contribution in [3.05, 3.63) is 17.0 Å². The maximum atomic E-state index is 12.6. The summed E-state index contributed by atoms with van der Waals surface area (Å²) in [5.74, 6) is 0.182. The third-order valence-corrected chi connectivity index (χ3v) is 5.98. The first-order chi connectivity index (χ1) is 10.8. The molecule has 1 atom stereocenters. The lowest BCUT2D eigenvalue weighted by Gasteiger charge is -2.48. The van der Waals surface area contributed by atoms with Crippen LogP contribution in [0.15, 0.2) is 0 Å². The molecule has 3 rings (SSSR count). The molecule has 1 aromatic rings. The Labute approximate surface area is 138 Å². The summed E-state index contributed by atoms with van der Waals surface area (Å²) in [6.07, 6.45) is 6.51. The standard InChI is InChI=1S/C18H29N3O2/c1-17(2)12-21(11-10-18(17,3)23)16(22)9-8-15-13-6-4-5-7-14(13)19-20-15/h23H,4-12H2,1-3H3,(H,19,20)/t18-/m1/s1. The largest absolute Gasteiger partial charge is 0.389 e. The van der Waals surface area contributed by atoms with Gasteiger partial charge < -0.3 is 10.0 Å². The molecule has 5 heteroatoms. The zero-order valence-corrected chi connectivity index (χ0v) is 14.6. The van der Waals surface area contributed by atoms with Gasteiger partial charge in [-0.1, -0.05) is 13.8 Å². The number of amides is 1. The van der Waals surface area contributed by atoms with E-state index in [4.69, 9.17) is 0 Å². The quantitative estimate of drug-likeness (QED) is 0.897. The molecule has 1 aromatic heterocycles. The Morgan fingerprint density at radius 3 is 2.78 bits per heavy atom. The lowest BCUT2D eigenvalue weighted by atomic mass is 9.71. The predicted molar refractivity (Wildman–Crippen MR) is 89.2 cm³/mol. The highest BCUT2D eigenvalue weighted by Crippen LogP contribution is 2.38. The second-order valence-electron chi connectivity index (χ2n) is 8.06. The molecule has 128 valence electrons. The SMILES string of the molecule is CC1(C)CN(C(=O)CCc2n[nH]c3c2CCCC3)CC[C@@]1(C)O. The number of carbonyl (C=O) groups excluding carboxylic acids is 1. The Morgan fingerprint density at radius 1 is 1.30 bits per heavy atom. The average molecular weight is 319 g/mol. The number of aromatic nitrogens is 2. The van der Waals surface area contributed by atoms with Gasteiger partial charge in [0.15, 0.2) is 0 Å². The lowest BCUT2D eigenvalue weighted by Crippen LogP contribution is -2.57. The molecular weight excluding hydrogens is 290 g/mol. The van der Waals surface area contributed by atoms with Crippen LogP contribution in [0.2, 0.25) is 0 Å². The van der Waals surface area contributed by atoms with Crippen molar-refractivity contribution >= 4 is 5.91 Å². The second kappa shape index (κ2) is 5.93. The third kappa shape index (κ3) is 3.16. The first-order valence-corrected chi connectivity index (χ1v) is 8.85. The van der Waals surface area contributed by atoms with Crippen LogP contribution in [0.1, 0.15) is 63.4 Å². The molecule has 0 radical (unpaired) electrons. The smallest absolute Gasteiger partial charge is 0.222 e. The van der Waals surface area contributed by atoms with Gasteiger partial charge in [-0.3, -0.25) is 9.89 Å². The van der Waals surface area contributed by atoms with Crippen LogP contribution in [0.3, 0.4) is 0 Å². The number of hydrogen-bond acceptors (Lipinski definition) is 3. The Bertz CT molecular complexity index is 589. The predicted octanol–water partition coefficient (Wildman–Crippen LogP) is 2.23. The van der Waals surface area contributed by atoms with Crippen molar-refractivity contribution < 1.29 is 9.90 Å². The van der Waals surface area contributed by atoms with Crippen molar-refractivity contribution in [1.82, 2.24) is 15.1 Å². The van der Waals surface area contributed by atoms with Crippen LogP contribution in [0, 0.1) is 5.41 Å². The summed E-state index contributed by atoms with van der Waals surface area (Å²) < 4.78 is 0. The normalized spacial score (nSPS) is 26.9. The molecule has 0 unspecified atom stereocenters. The number of nitrogens with zero attached hydrogens (tertiary/aromatic N) is 2. The summed E-state index contributed by atoms with van der Waals surface area (Å²) in [7, 11) is 0. The minimum Gasteiger partial charge on any atom is -0.389 e. The molecule has 1 fully saturated rings. The van der Waals surface area contributed by atoms with E-state index in [1.165, 1.54) is 24.1 Å². The number of nitrogens with one attached hydrogen (secondary N) is 1. The topological polar surface area (TPSA) is 69.2 Å². The van der Waals surface area contributed by atoms with Crippen molar-refractivity contribution in [2.75, 3.05) is 13.1 Å². The zero-order chi connectivity index (χ0) is 16.7. The summed E-state index contributed by atoms with van der Waals surface area (Å²) in [6.45, 7) is 7.23. The maximum Gasteiger partial charge on any atom is 0.222 e. The highest BCUT2D eigenvalue weighted by Gasteiger charge is 2.44. The van der Waals surface area contributed by atoms with Gasteiger partial charge in [-0.2, -0.15) is 5.10 Å². The van der Waals surface area contributed by atoms with E-state index in [-0.39, 0.29) is 11.3 Å². The fourth-order valence-electron chi connectivity index (χ4n) is 3.77. The number of rotatable bonds is 3. The molecule has 1 aliphatic heterocycles. The van der Waals surface area contributed by atoms with Crippen LogP contribution in [-0.2, 0) is 24.1 Å². The molecule has 1 saturated heterocycles. The number of H-pyrrole nitrogens is 1. The number of aliphatic hydroxyl groups is 1. The number of hydrogen-bond donors (Lipinski definition) is 2. The van der Waals surface area contributed by atoms with Gasteiger partial charge in [0, 0.05) is 37.0 Å². The lowest BCUT2D eigenvalue weighted by molar-refractivity contribution is -0.147. The number of piperidine rings is 1. The van der Waals surface area contributed by atoms with Gasteiger partial charge in [0.1, 0.15) is 0 Å². The Kier molecular flexibility index (Phi) is 4.25. The fraction of sp³-hybridized carbons (Fsp3) is 0.778. The van der Waals surface area contributed by atoms with Crippen LogP contribution < -0.4 is 0 Å². The monoisotopic (exact) mass is 319 g/mol. The highest BCUT2D eigenvalue weighted by atomic mass is 16.3. The molecule has 0 spiro atoms. The molecule has 1 aliphatic carbocycles. The van der Waals surface area contributed by atoms with Gasteiger partial charge >= 0.3 is 0 Å². The number of fused-ring (bicyclic) bond motifs is 1. The van der Waals surface area contributed by atoms with Gasteiger partial charge in [-0.15, -0.1) is 0 Å². The molecule has 2 N–H and O–H groups in total. The number of aryl methyl sites for hydroxylation is 2. The molecule has 2 heterocycles. The van der Waals surface area contributed by atoms with E-state index in [0.717, 1.165) is 25.0 Å². The minimum atomic E-state index is -0.703. The first-order valence-electron chi connectivity index (χ1n) is 8.85. The van der Waals surface area contributed by atoms with Gasteiger partial charge in [0.2, 0.25) is 5.91 Å². The van der Waals surface area contributed by atoms with Crippen molar-refractivity contribution in [1.29, 1.82) is 0 Å². The Morgan fingerprint density at radius 2 is 2.04 bits per heavy atom. The van der Waals surface area contributed by atoms with Crippen molar-refractivity contribution in [3.63, 3.8) is 0 Å². The van der Waals surface area contributed by atoms with Crippen molar-refractivity contribution in [2.45, 2.75) is 71.3 Å². The van der Waals surface area contributed by atoms with Crippen molar-refractivity contribution in [3.8, 4) is 0 Å². The average Bonchev–Trinajstić information content (AvgIpc) is 2.91. The maximum absolute atomic E-state index is 12.6. The van der Waals surface area contributed by atoms with Crippen LogP contribution in [0.5, 0.6) is 0 Å². The Balaban J connectivity index is 1.59. The summed E-state index contributed by atoms with van der Waals surface area (Å²) in [6, 6.07) is 0. The van der Waals surface area contributed by atoms with Crippen LogP contribution in [-0.4, -0.2) is 44.8 Å². The van der Waals surface area contributed by atoms with E-state index >= 15 is 0 Å². The molecule has 2 aliphatic rings. The zero-order valence-electron chi connectivity index (χ0n) is 14.6. The number of carbonyl (C=O) groups is 1. The van der Waals surface area contributed by atoms with E-state index in [1.807, 2.05) is 25.7 Å². The van der Waals surface area contributed by atoms with E-state index in [2.05, 4.69) is 10.2 Å². The van der Waals surface area contributed by atoms with Gasteiger partial charge in [-0.05, 0) is 44.6 Å². The summed E-state index contributed by atoms with van der Waals surface area (Å²) >= 11 is 0. The van der Waals surface area contributed by atoms with Crippen LogP contribution >= 0.6 is 0 Å². The van der Waals surface area contributed by atoms with Gasteiger partial charge in [0.05, 0.1) is 11.3 Å². The first kappa shape index (κ1) is 16.5. The molecule has 0 aromatic carbocycles. The molecule has 5 nitrogen and oxygen atoms in total. The summed E-state index contributed by atoms with van der Waals surface area (Å²) in [4.78, 5) is 14.5. The highest BCUT2D eigenvalue weighted by molar-refractivity contribution is 5.76. The van der Waals surface area contributed by atoms with Gasteiger partial charge in [-0.25, -0.2) is 0 Å². The summed E-state index contributed by atoms with van der Waals surface area (Å²) in [5, 5.41) is 18.0. The van der Waals surface area contributed by atoms with E-state index < -0.39 is 5.60 Å². The van der Waals surface area contributed by atoms with E-state index in [1.54, 1.807) is 0 Å². The molecule has 0 bridgehead atoms. The molecular formula is C18H29N3O2. The Hall–Kier alpha value is -1.36. The third-order valence-electron chi connectivity index (χ3n) is 5.98. The van der Waals surface area contributed by atoms with Crippen LogP contribution in [0.4, 0.5) is 0 Å². The number of aromatic amines is 1. The molecule has 1 amide bonds. The van der Waals surface area contributed by atoms with E-state index in [9.17, 15) is 9.90 Å². The van der Waals surface area contributed by atoms with Gasteiger partial charge in [0.25, 0.3) is 0 Å².